The van der Waals surface area contributed by atoms with Crippen molar-refractivity contribution in [2.24, 2.45) is 0 Å². The first kappa shape index (κ1) is 18.8. The smallest absolute Gasteiger partial charge is 0.265 e. The minimum absolute atomic E-state index is 0.0126. The molecule has 2 aliphatic heterocycles. The number of halogens is 2. The Morgan fingerprint density at radius 1 is 1.10 bits per heavy atom. The number of carbonyl (C=O) groups excluding carboxylic acids is 2. The van der Waals surface area contributed by atoms with Crippen molar-refractivity contribution < 1.29 is 18.7 Å². The molecule has 1 spiro atoms. The number of hydrogen-bond acceptors (Lipinski definition) is 3. The van der Waals surface area contributed by atoms with Crippen LogP contribution in [0.2, 0.25) is 0 Å². The fraction of sp³-hybridized carbons (Fsp3) is 0.130. The van der Waals surface area contributed by atoms with Crippen molar-refractivity contribution in [3.8, 4) is 5.75 Å². The summed E-state index contributed by atoms with van der Waals surface area (Å²) in [7, 11) is 0. The molecule has 1 unspecified atom stereocenters. The molecule has 0 saturated heterocycles. The second kappa shape index (κ2) is 6.67. The molecule has 30 heavy (non-hydrogen) atoms. The van der Waals surface area contributed by atoms with Gasteiger partial charge in [-0.15, -0.1) is 0 Å². The molecule has 0 fully saturated rings. The zero-order valence-electron chi connectivity index (χ0n) is 15.9. The monoisotopic (exact) mass is 466 g/mol. The van der Waals surface area contributed by atoms with E-state index in [1.807, 2.05) is 30.3 Å². The van der Waals surface area contributed by atoms with Crippen LogP contribution >= 0.6 is 15.9 Å². The number of hydrogen-bond donors (Lipinski definition) is 0. The van der Waals surface area contributed by atoms with Gasteiger partial charge in [-0.25, -0.2) is 14.4 Å². The molecule has 0 bridgehead atoms. The second-order valence-electron chi connectivity index (χ2n) is 7.25. The van der Waals surface area contributed by atoms with Crippen molar-refractivity contribution in [1.82, 2.24) is 0 Å². The average molecular weight is 467 g/mol. The topological polar surface area (TPSA) is 49.9 Å². The molecule has 2 aliphatic rings. The molecular formula is C23H16BrFN2O3. The van der Waals surface area contributed by atoms with E-state index in [0.717, 1.165) is 15.0 Å². The zero-order chi connectivity index (χ0) is 21.0. The van der Waals surface area contributed by atoms with Gasteiger partial charge in [0.2, 0.25) is 5.91 Å². The van der Waals surface area contributed by atoms with Crippen molar-refractivity contribution in [2.45, 2.75) is 12.3 Å². The number of anilines is 2. The molecule has 0 radical (unpaired) electrons. The minimum atomic E-state index is -1.12. The Balaban J connectivity index is 1.76. The molecule has 7 heteroatoms. The summed E-state index contributed by atoms with van der Waals surface area (Å²) in [5.74, 6) is -0.819. The summed E-state index contributed by atoms with van der Waals surface area (Å²) < 4.78 is 21.4. The number of fused-ring (bicyclic) bond motifs is 4. The van der Waals surface area contributed by atoms with E-state index in [9.17, 15) is 14.0 Å². The molecule has 3 aromatic rings. The average Bonchev–Trinajstić information content (AvgIpc) is 3.22. The van der Waals surface area contributed by atoms with Crippen molar-refractivity contribution in [2.75, 3.05) is 16.6 Å². The Morgan fingerprint density at radius 3 is 2.60 bits per heavy atom. The van der Waals surface area contributed by atoms with Gasteiger partial charge >= 0.3 is 0 Å². The maximum absolute atomic E-state index is 14.7. The number of carbonyl (C=O) groups is 2. The highest BCUT2D eigenvalue weighted by molar-refractivity contribution is 9.10. The first-order valence-corrected chi connectivity index (χ1v) is 10.2. The standard InChI is InChI=1S/C23H16BrFN2O3/c1-14(28)26(20-9-5-3-7-18(20)25)27-19-8-4-2-6-16(19)23(22(27)29)13-30-21-11-10-15(24)12-17(21)23/h2-12H,13H2,1H3. The van der Waals surface area contributed by atoms with Crippen LogP contribution in [0.3, 0.4) is 0 Å². The van der Waals surface area contributed by atoms with Gasteiger partial charge in [0.1, 0.15) is 29.3 Å². The molecule has 5 rings (SSSR count). The van der Waals surface area contributed by atoms with E-state index < -0.39 is 17.1 Å². The normalized spacial score (nSPS) is 18.9. The van der Waals surface area contributed by atoms with Crippen LogP contribution in [0.4, 0.5) is 15.8 Å². The van der Waals surface area contributed by atoms with Crippen LogP contribution in [0, 0.1) is 5.82 Å². The van der Waals surface area contributed by atoms with E-state index in [-0.39, 0.29) is 18.2 Å². The summed E-state index contributed by atoms with van der Waals surface area (Å²) >= 11 is 3.47. The summed E-state index contributed by atoms with van der Waals surface area (Å²) in [5, 5.41) is 2.37. The molecule has 0 aliphatic carbocycles. The molecule has 3 aromatic carbocycles. The number of benzene rings is 3. The number of amides is 2. The molecule has 2 amide bonds. The highest BCUT2D eigenvalue weighted by atomic mass is 79.9. The summed E-state index contributed by atoms with van der Waals surface area (Å²) in [5.41, 5.74) is 0.855. The van der Waals surface area contributed by atoms with Gasteiger partial charge in [-0.2, -0.15) is 0 Å². The lowest BCUT2D eigenvalue weighted by molar-refractivity contribution is -0.125. The van der Waals surface area contributed by atoms with Crippen LogP contribution in [0.1, 0.15) is 18.1 Å². The van der Waals surface area contributed by atoms with Crippen LogP contribution in [-0.2, 0) is 15.0 Å². The molecule has 0 N–H and O–H groups in total. The van der Waals surface area contributed by atoms with Crippen LogP contribution in [0.25, 0.3) is 0 Å². The molecule has 150 valence electrons. The van der Waals surface area contributed by atoms with E-state index in [4.69, 9.17) is 4.74 Å². The number of hydrazine groups is 1. The maximum atomic E-state index is 14.7. The number of nitrogens with zero attached hydrogens (tertiary/aromatic N) is 2. The van der Waals surface area contributed by atoms with Gasteiger partial charge in [0.15, 0.2) is 0 Å². The van der Waals surface area contributed by atoms with Crippen molar-refractivity contribution >= 4 is 39.1 Å². The third-order valence-electron chi connectivity index (χ3n) is 5.57. The zero-order valence-corrected chi connectivity index (χ0v) is 17.5. The third kappa shape index (κ3) is 2.45. The molecule has 5 nitrogen and oxygen atoms in total. The molecule has 2 heterocycles. The molecule has 1 atom stereocenters. The van der Waals surface area contributed by atoms with E-state index in [1.54, 1.807) is 18.2 Å². The first-order chi connectivity index (χ1) is 14.4. The Morgan fingerprint density at radius 2 is 1.83 bits per heavy atom. The van der Waals surface area contributed by atoms with Crippen molar-refractivity contribution in [3.05, 3.63) is 88.1 Å². The van der Waals surface area contributed by atoms with Gasteiger partial charge in [-0.05, 0) is 36.4 Å². The van der Waals surface area contributed by atoms with Crippen LogP contribution in [0.5, 0.6) is 5.75 Å². The van der Waals surface area contributed by atoms with Crippen molar-refractivity contribution in [3.63, 3.8) is 0 Å². The lowest BCUT2D eigenvalue weighted by Crippen LogP contribution is -2.53. The fourth-order valence-electron chi connectivity index (χ4n) is 4.29. The Labute approximate surface area is 180 Å². The van der Waals surface area contributed by atoms with Gasteiger partial charge in [-0.1, -0.05) is 46.3 Å². The highest BCUT2D eigenvalue weighted by Gasteiger charge is 2.58. The molecule has 0 aromatic heterocycles. The van der Waals surface area contributed by atoms with Gasteiger partial charge in [0.05, 0.1) is 5.69 Å². The lowest BCUT2D eigenvalue weighted by atomic mass is 9.77. The predicted octanol–water partition coefficient (Wildman–Crippen LogP) is 4.58. The summed E-state index contributed by atoms with van der Waals surface area (Å²) in [4.78, 5) is 26.7. The Bertz CT molecular complexity index is 1210. The van der Waals surface area contributed by atoms with Crippen molar-refractivity contribution in [1.29, 1.82) is 0 Å². The van der Waals surface area contributed by atoms with E-state index in [2.05, 4.69) is 15.9 Å². The van der Waals surface area contributed by atoms with Crippen LogP contribution < -0.4 is 14.8 Å². The quantitative estimate of drug-likeness (QED) is 0.555. The van der Waals surface area contributed by atoms with Crippen LogP contribution in [-0.4, -0.2) is 18.4 Å². The summed E-state index contributed by atoms with van der Waals surface area (Å²) in [6.07, 6.45) is 0. The Hall–Kier alpha value is -3.19. The number of para-hydroxylation sites is 2. The Kier molecular flexibility index (Phi) is 4.18. The maximum Gasteiger partial charge on any atom is 0.265 e. The second-order valence-corrected chi connectivity index (χ2v) is 8.17. The SMILES string of the molecule is CC(=O)N(c1ccccc1F)N1C(=O)C2(COc3ccc(Br)cc32)c2ccccc21. The van der Waals surface area contributed by atoms with E-state index in [0.29, 0.717) is 17.0 Å². The highest BCUT2D eigenvalue weighted by Crippen LogP contribution is 2.53. The van der Waals surface area contributed by atoms with Gasteiger partial charge in [-0.3, -0.25) is 9.59 Å². The molecular weight excluding hydrogens is 451 g/mol. The largest absolute Gasteiger partial charge is 0.491 e. The number of ether oxygens (including phenoxy) is 1. The van der Waals surface area contributed by atoms with Crippen LogP contribution in [0.15, 0.2) is 71.2 Å². The van der Waals surface area contributed by atoms with Gasteiger partial charge in [0.25, 0.3) is 5.91 Å². The minimum Gasteiger partial charge on any atom is -0.491 e. The van der Waals surface area contributed by atoms with E-state index in [1.165, 1.54) is 30.1 Å². The lowest BCUT2D eigenvalue weighted by Gasteiger charge is -2.32. The van der Waals surface area contributed by atoms with Gasteiger partial charge in [0, 0.05) is 22.5 Å². The summed E-state index contributed by atoms with van der Waals surface area (Å²) in [6.45, 7) is 1.41. The van der Waals surface area contributed by atoms with Gasteiger partial charge < -0.3 is 4.74 Å². The first-order valence-electron chi connectivity index (χ1n) is 9.37. The van der Waals surface area contributed by atoms with E-state index >= 15 is 0 Å². The fourth-order valence-corrected chi connectivity index (χ4v) is 4.65. The number of rotatable bonds is 2. The molecule has 0 saturated carbocycles. The third-order valence-corrected chi connectivity index (χ3v) is 6.07. The predicted molar refractivity (Wildman–Crippen MR) is 114 cm³/mol. The summed E-state index contributed by atoms with van der Waals surface area (Å²) in [6, 6.07) is 18.7.